The Morgan fingerprint density at radius 1 is 1.14 bits per heavy atom. The molecule has 0 aliphatic heterocycles. The summed E-state index contributed by atoms with van der Waals surface area (Å²) in [6, 6.07) is 5.21. The third-order valence-electron chi connectivity index (χ3n) is 2.63. The first kappa shape index (κ1) is 16.8. The number of aliphatic carboxylic acids is 1. The van der Waals surface area contributed by atoms with Crippen LogP contribution in [-0.2, 0) is 9.59 Å². The van der Waals surface area contributed by atoms with Crippen LogP contribution in [0.3, 0.4) is 0 Å². The summed E-state index contributed by atoms with van der Waals surface area (Å²) in [5.41, 5.74) is 0.531. The Labute approximate surface area is 124 Å². The molecular weight excluding hydrogens is 274 g/mol. The molecular formula is C15H21NO5. The highest BCUT2D eigenvalue weighted by atomic mass is 16.5. The van der Waals surface area contributed by atoms with Crippen molar-refractivity contribution in [3.8, 4) is 11.5 Å². The molecule has 0 saturated carbocycles. The summed E-state index contributed by atoms with van der Waals surface area (Å²) in [5.74, 6) is 0.0522. The smallest absolute Gasteiger partial charge is 0.303 e. The number of anilines is 1. The zero-order chi connectivity index (χ0) is 15.7. The van der Waals surface area contributed by atoms with E-state index in [1.807, 2.05) is 13.8 Å². The van der Waals surface area contributed by atoms with Gasteiger partial charge in [-0.3, -0.25) is 9.59 Å². The predicted octanol–water partition coefficient (Wildman–Crippen LogP) is 2.68. The molecule has 21 heavy (non-hydrogen) atoms. The molecule has 1 aromatic carbocycles. The SMILES string of the molecule is CCOc1ccc(OCC)c(NC(=O)CCCC(=O)O)c1. The van der Waals surface area contributed by atoms with Crippen molar-refractivity contribution in [2.75, 3.05) is 18.5 Å². The molecule has 0 atom stereocenters. The van der Waals surface area contributed by atoms with Crippen molar-refractivity contribution in [2.24, 2.45) is 0 Å². The zero-order valence-electron chi connectivity index (χ0n) is 12.3. The Hall–Kier alpha value is -2.24. The topological polar surface area (TPSA) is 84.9 Å². The van der Waals surface area contributed by atoms with Gasteiger partial charge in [0.05, 0.1) is 18.9 Å². The molecule has 0 unspecified atom stereocenters. The van der Waals surface area contributed by atoms with Crippen LogP contribution in [0.2, 0.25) is 0 Å². The van der Waals surface area contributed by atoms with E-state index in [2.05, 4.69) is 5.32 Å². The van der Waals surface area contributed by atoms with Gasteiger partial charge in [0.15, 0.2) is 0 Å². The number of amides is 1. The van der Waals surface area contributed by atoms with Gasteiger partial charge in [-0.1, -0.05) is 0 Å². The highest BCUT2D eigenvalue weighted by Crippen LogP contribution is 2.29. The Bertz CT molecular complexity index is 487. The Kier molecular flexibility index (Phi) is 7.08. The molecule has 2 N–H and O–H groups in total. The zero-order valence-corrected chi connectivity index (χ0v) is 12.3. The highest BCUT2D eigenvalue weighted by Gasteiger charge is 2.10. The lowest BCUT2D eigenvalue weighted by Gasteiger charge is -2.13. The van der Waals surface area contributed by atoms with Crippen molar-refractivity contribution in [2.45, 2.75) is 33.1 Å². The number of carboxylic acid groups (broad SMARTS) is 1. The van der Waals surface area contributed by atoms with E-state index in [1.54, 1.807) is 18.2 Å². The van der Waals surface area contributed by atoms with Crippen LogP contribution >= 0.6 is 0 Å². The fourth-order valence-corrected chi connectivity index (χ4v) is 1.76. The summed E-state index contributed by atoms with van der Waals surface area (Å²) in [6.07, 6.45) is 0.428. The van der Waals surface area contributed by atoms with Crippen LogP contribution in [0.4, 0.5) is 5.69 Å². The molecule has 0 radical (unpaired) electrons. The van der Waals surface area contributed by atoms with Crippen LogP contribution in [0.1, 0.15) is 33.1 Å². The van der Waals surface area contributed by atoms with Crippen molar-refractivity contribution < 1.29 is 24.2 Å². The minimum atomic E-state index is -0.906. The van der Waals surface area contributed by atoms with E-state index in [9.17, 15) is 9.59 Å². The molecule has 0 spiro atoms. The van der Waals surface area contributed by atoms with Gasteiger partial charge in [0.1, 0.15) is 11.5 Å². The van der Waals surface area contributed by atoms with E-state index in [0.29, 0.717) is 36.8 Å². The first-order chi connectivity index (χ1) is 10.1. The van der Waals surface area contributed by atoms with Gasteiger partial charge in [0, 0.05) is 18.9 Å². The lowest BCUT2D eigenvalue weighted by Crippen LogP contribution is -2.13. The quantitative estimate of drug-likeness (QED) is 0.731. The molecule has 1 rings (SSSR count). The van der Waals surface area contributed by atoms with Crippen LogP contribution in [-0.4, -0.2) is 30.2 Å². The molecule has 0 aliphatic rings. The first-order valence-electron chi connectivity index (χ1n) is 6.98. The van der Waals surface area contributed by atoms with Crippen LogP contribution in [0.5, 0.6) is 11.5 Å². The average Bonchev–Trinajstić information content (AvgIpc) is 2.41. The number of hydrogen-bond acceptors (Lipinski definition) is 4. The predicted molar refractivity (Wildman–Crippen MR) is 78.9 cm³/mol. The molecule has 116 valence electrons. The molecule has 0 aliphatic carbocycles. The van der Waals surface area contributed by atoms with Gasteiger partial charge in [0.2, 0.25) is 5.91 Å². The molecule has 1 aromatic rings. The third kappa shape index (κ3) is 6.16. The molecule has 0 heterocycles. The van der Waals surface area contributed by atoms with Crippen LogP contribution in [0.25, 0.3) is 0 Å². The summed E-state index contributed by atoms with van der Waals surface area (Å²) >= 11 is 0. The van der Waals surface area contributed by atoms with Crippen molar-refractivity contribution in [1.82, 2.24) is 0 Å². The van der Waals surface area contributed by atoms with Crippen molar-refractivity contribution in [1.29, 1.82) is 0 Å². The number of carbonyl (C=O) groups excluding carboxylic acids is 1. The molecule has 0 saturated heterocycles. The first-order valence-corrected chi connectivity index (χ1v) is 6.98. The number of nitrogens with one attached hydrogen (secondary N) is 1. The molecule has 1 amide bonds. The fourth-order valence-electron chi connectivity index (χ4n) is 1.76. The minimum Gasteiger partial charge on any atom is -0.494 e. The molecule has 0 fully saturated rings. The number of carbonyl (C=O) groups is 2. The number of ether oxygens (including phenoxy) is 2. The maximum absolute atomic E-state index is 11.8. The van der Waals surface area contributed by atoms with Crippen molar-refractivity contribution in [3.05, 3.63) is 18.2 Å². The second kappa shape index (κ2) is 8.84. The summed E-state index contributed by atoms with van der Waals surface area (Å²) in [7, 11) is 0. The number of carboxylic acids is 1. The largest absolute Gasteiger partial charge is 0.494 e. The minimum absolute atomic E-state index is 0.0231. The Balaban J connectivity index is 2.71. The van der Waals surface area contributed by atoms with E-state index >= 15 is 0 Å². The Morgan fingerprint density at radius 3 is 2.48 bits per heavy atom. The lowest BCUT2D eigenvalue weighted by molar-refractivity contribution is -0.137. The summed E-state index contributed by atoms with van der Waals surface area (Å²) in [6.45, 7) is 4.74. The lowest BCUT2D eigenvalue weighted by atomic mass is 10.2. The average molecular weight is 295 g/mol. The van der Waals surface area contributed by atoms with Gasteiger partial charge < -0.3 is 19.9 Å². The maximum Gasteiger partial charge on any atom is 0.303 e. The van der Waals surface area contributed by atoms with Gasteiger partial charge in [-0.15, -0.1) is 0 Å². The van der Waals surface area contributed by atoms with Gasteiger partial charge in [-0.25, -0.2) is 0 Å². The van der Waals surface area contributed by atoms with E-state index in [0.717, 1.165) is 0 Å². The van der Waals surface area contributed by atoms with Gasteiger partial charge in [-0.05, 0) is 32.4 Å². The van der Waals surface area contributed by atoms with Gasteiger partial charge in [0.25, 0.3) is 0 Å². The Morgan fingerprint density at radius 2 is 1.86 bits per heavy atom. The van der Waals surface area contributed by atoms with E-state index in [1.165, 1.54) is 0 Å². The number of rotatable bonds is 9. The van der Waals surface area contributed by atoms with Crippen LogP contribution < -0.4 is 14.8 Å². The van der Waals surface area contributed by atoms with Crippen LogP contribution in [0, 0.1) is 0 Å². The van der Waals surface area contributed by atoms with Gasteiger partial charge >= 0.3 is 5.97 Å². The summed E-state index contributed by atoms with van der Waals surface area (Å²) < 4.78 is 10.8. The van der Waals surface area contributed by atoms with Crippen molar-refractivity contribution >= 4 is 17.6 Å². The van der Waals surface area contributed by atoms with Crippen LogP contribution in [0.15, 0.2) is 18.2 Å². The van der Waals surface area contributed by atoms with Crippen molar-refractivity contribution in [3.63, 3.8) is 0 Å². The third-order valence-corrected chi connectivity index (χ3v) is 2.63. The maximum atomic E-state index is 11.8. The second-order valence-electron chi connectivity index (χ2n) is 4.32. The van der Waals surface area contributed by atoms with E-state index < -0.39 is 5.97 Å². The summed E-state index contributed by atoms with van der Waals surface area (Å²) in [5, 5.41) is 11.3. The number of hydrogen-bond donors (Lipinski definition) is 2. The standard InChI is InChI=1S/C15H21NO5/c1-3-20-11-8-9-13(21-4-2)12(10-11)16-14(17)6-5-7-15(18)19/h8-10H,3-7H2,1-2H3,(H,16,17)(H,18,19). The monoisotopic (exact) mass is 295 g/mol. The normalized spacial score (nSPS) is 10.0. The fraction of sp³-hybridized carbons (Fsp3) is 0.467. The summed E-state index contributed by atoms with van der Waals surface area (Å²) in [4.78, 5) is 22.2. The van der Waals surface area contributed by atoms with Gasteiger partial charge in [-0.2, -0.15) is 0 Å². The van der Waals surface area contributed by atoms with E-state index in [-0.39, 0.29) is 18.7 Å². The highest BCUT2D eigenvalue weighted by molar-refractivity contribution is 5.92. The molecule has 6 nitrogen and oxygen atoms in total. The second-order valence-corrected chi connectivity index (χ2v) is 4.32. The molecule has 0 bridgehead atoms. The van der Waals surface area contributed by atoms with E-state index in [4.69, 9.17) is 14.6 Å². The molecule has 0 aromatic heterocycles. The number of benzene rings is 1. The molecule has 6 heteroatoms.